The molecular weight excluding hydrogens is 304 g/mol. The summed E-state index contributed by atoms with van der Waals surface area (Å²) in [7, 11) is 0. The van der Waals surface area contributed by atoms with Crippen LogP contribution in [0.4, 0.5) is 0 Å². The largest absolute Gasteiger partial charge is 0.480 e. The molecule has 142 valence electrons. The van der Waals surface area contributed by atoms with Gasteiger partial charge in [-0.1, -0.05) is 73.1 Å². The van der Waals surface area contributed by atoms with Crippen LogP contribution in [0.2, 0.25) is 0 Å². The van der Waals surface area contributed by atoms with Gasteiger partial charge in [-0.25, -0.2) is 0 Å². The lowest BCUT2D eigenvalue weighted by Crippen LogP contribution is -2.56. The highest BCUT2D eigenvalue weighted by Gasteiger charge is 2.61. The molecule has 0 aliphatic carbocycles. The minimum absolute atomic E-state index is 0.126. The zero-order chi connectivity index (χ0) is 18.8. The highest BCUT2D eigenvalue weighted by atomic mass is 16.4. The molecule has 0 spiro atoms. The van der Waals surface area contributed by atoms with E-state index in [2.05, 4.69) is 13.8 Å². The van der Waals surface area contributed by atoms with Crippen molar-refractivity contribution in [2.75, 3.05) is 0 Å². The van der Waals surface area contributed by atoms with Crippen molar-refractivity contribution >= 4 is 11.9 Å². The van der Waals surface area contributed by atoms with Gasteiger partial charge in [0.1, 0.15) is 0 Å². The number of carboxylic acids is 2. The molecular formula is C20H38O4. The van der Waals surface area contributed by atoms with Gasteiger partial charge in [0, 0.05) is 0 Å². The van der Waals surface area contributed by atoms with E-state index in [1.807, 2.05) is 13.8 Å². The van der Waals surface area contributed by atoms with E-state index in [9.17, 15) is 19.8 Å². The molecule has 4 nitrogen and oxygen atoms in total. The van der Waals surface area contributed by atoms with Crippen molar-refractivity contribution in [2.24, 2.45) is 16.7 Å². The predicted molar refractivity (Wildman–Crippen MR) is 98.2 cm³/mol. The monoisotopic (exact) mass is 342 g/mol. The van der Waals surface area contributed by atoms with Crippen molar-refractivity contribution in [3.05, 3.63) is 0 Å². The van der Waals surface area contributed by atoms with Crippen LogP contribution in [0, 0.1) is 16.7 Å². The molecule has 0 aliphatic rings. The fourth-order valence-electron chi connectivity index (χ4n) is 4.82. The number of carboxylic acid groups (broad SMARTS) is 2. The summed E-state index contributed by atoms with van der Waals surface area (Å²) < 4.78 is 0. The van der Waals surface area contributed by atoms with E-state index in [4.69, 9.17) is 0 Å². The van der Waals surface area contributed by atoms with E-state index in [0.29, 0.717) is 12.8 Å². The first-order valence-corrected chi connectivity index (χ1v) is 9.81. The fourth-order valence-corrected chi connectivity index (χ4v) is 4.82. The van der Waals surface area contributed by atoms with Crippen LogP contribution in [0.25, 0.3) is 0 Å². The molecule has 24 heavy (non-hydrogen) atoms. The number of carbonyl (C=O) groups is 2. The SMILES string of the molecule is CCCCCCCC(CC)C(CC)(CC)C(CC)(C(=O)O)C(=O)O. The van der Waals surface area contributed by atoms with Crippen LogP contribution in [0.3, 0.4) is 0 Å². The second-order valence-corrected chi connectivity index (χ2v) is 7.04. The Bertz CT molecular complexity index is 371. The predicted octanol–water partition coefficient (Wildman–Crippen LogP) is 5.75. The summed E-state index contributed by atoms with van der Waals surface area (Å²) in [5.74, 6) is -2.22. The van der Waals surface area contributed by atoms with Gasteiger partial charge in [0.25, 0.3) is 0 Å². The Kier molecular flexibility index (Phi) is 10.3. The molecule has 1 atom stereocenters. The molecule has 0 rings (SSSR count). The smallest absolute Gasteiger partial charge is 0.321 e. The molecule has 0 bridgehead atoms. The molecule has 0 fully saturated rings. The maximum absolute atomic E-state index is 12.1. The summed E-state index contributed by atoms with van der Waals surface area (Å²) in [6.45, 7) is 9.87. The summed E-state index contributed by atoms with van der Waals surface area (Å²) in [5.41, 5.74) is -2.39. The molecule has 0 aromatic rings. The Labute approximate surface area is 148 Å². The first-order chi connectivity index (χ1) is 11.3. The normalized spacial score (nSPS) is 13.7. The van der Waals surface area contributed by atoms with E-state index < -0.39 is 22.8 Å². The van der Waals surface area contributed by atoms with Crippen LogP contribution in [-0.4, -0.2) is 22.2 Å². The third kappa shape index (κ3) is 4.31. The number of rotatable bonds is 14. The molecule has 0 aromatic heterocycles. The minimum Gasteiger partial charge on any atom is -0.480 e. The molecule has 0 saturated carbocycles. The van der Waals surface area contributed by atoms with Crippen LogP contribution in [0.15, 0.2) is 0 Å². The second-order valence-electron chi connectivity index (χ2n) is 7.04. The Morgan fingerprint density at radius 2 is 1.29 bits per heavy atom. The van der Waals surface area contributed by atoms with Crippen LogP contribution in [0.1, 0.15) is 98.8 Å². The average Bonchev–Trinajstić information content (AvgIpc) is 2.56. The highest BCUT2D eigenvalue weighted by molar-refractivity contribution is 5.99. The van der Waals surface area contributed by atoms with Crippen molar-refractivity contribution in [3.8, 4) is 0 Å². The van der Waals surface area contributed by atoms with Gasteiger partial charge in [-0.3, -0.25) is 9.59 Å². The summed E-state index contributed by atoms with van der Waals surface area (Å²) in [6, 6.07) is 0. The molecule has 2 N–H and O–H groups in total. The maximum Gasteiger partial charge on any atom is 0.321 e. The van der Waals surface area contributed by atoms with Crippen molar-refractivity contribution in [1.82, 2.24) is 0 Å². The van der Waals surface area contributed by atoms with E-state index in [-0.39, 0.29) is 12.3 Å². The molecule has 0 radical (unpaired) electrons. The highest BCUT2D eigenvalue weighted by Crippen LogP contribution is 2.55. The number of unbranched alkanes of at least 4 members (excludes halogenated alkanes) is 4. The Hall–Kier alpha value is -1.06. The Balaban J connectivity index is 5.64. The van der Waals surface area contributed by atoms with Crippen LogP contribution >= 0.6 is 0 Å². The lowest BCUT2D eigenvalue weighted by Gasteiger charge is -2.49. The minimum atomic E-state index is -1.69. The van der Waals surface area contributed by atoms with Gasteiger partial charge < -0.3 is 10.2 Å². The Morgan fingerprint density at radius 3 is 1.62 bits per heavy atom. The first-order valence-electron chi connectivity index (χ1n) is 9.81. The van der Waals surface area contributed by atoms with Crippen LogP contribution in [0.5, 0.6) is 0 Å². The van der Waals surface area contributed by atoms with Crippen molar-refractivity contribution < 1.29 is 19.8 Å². The number of hydrogen-bond donors (Lipinski definition) is 2. The molecule has 0 saturated heterocycles. The van der Waals surface area contributed by atoms with Gasteiger partial charge in [-0.15, -0.1) is 0 Å². The third-order valence-electron chi connectivity index (χ3n) is 6.30. The summed E-state index contributed by atoms with van der Waals surface area (Å²) in [5, 5.41) is 19.8. The molecule has 0 amide bonds. The lowest BCUT2D eigenvalue weighted by atomic mass is 9.52. The summed E-state index contributed by atoms with van der Waals surface area (Å²) >= 11 is 0. The van der Waals surface area contributed by atoms with E-state index in [1.165, 1.54) is 19.3 Å². The number of hydrogen-bond acceptors (Lipinski definition) is 2. The van der Waals surface area contributed by atoms with Gasteiger partial charge in [0.15, 0.2) is 5.41 Å². The van der Waals surface area contributed by atoms with E-state index in [0.717, 1.165) is 25.7 Å². The van der Waals surface area contributed by atoms with Gasteiger partial charge in [-0.2, -0.15) is 0 Å². The molecule has 0 aromatic carbocycles. The van der Waals surface area contributed by atoms with Crippen LogP contribution < -0.4 is 0 Å². The van der Waals surface area contributed by atoms with Crippen molar-refractivity contribution in [3.63, 3.8) is 0 Å². The first kappa shape index (κ1) is 22.9. The Morgan fingerprint density at radius 1 is 0.792 bits per heavy atom. The van der Waals surface area contributed by atoms with E-state index >= 15 is 0 Å². The summed E-state index contributed by atoms with van der Waals surface area (Å²) in [6.07, 6.45) is 8.89. The van der Waals surface area contributed by atoms with E-state index in [1.54, 1.807) is 6.92 Å². The number of aliphatic carboxylic acids is 2. The van der Waals surface area contributed by atoms with Crippen LogP contribution in [-0.2, 0) is 9.59 Å². The fraction of sp³-hybridized carbons (Fsp3) is 0.900. The molecule has 0 heterocycles. The maximum atomic E-state index is 12.1. The third-order valence-corrected chi connectivity index (χ3v) is 6.30. The topological polar surface area (TPSA) is 74.6 Å². The standard InChI is InChI=1S/C20H38O4/c1-6-11-12-13-14-15-16(7-2)19(8-3,9-4)20(10-5,17(21)22)18(23)24/h16H,6-15H2,1-5H3,(H,21,22)(H,23,24). The average molecular weight is 343 g/mol. The molecule has 1 unspecified atom stereocenters. The molecule has 4 heteroatoms. The zero-order valence-corrected chi connectivity index (χ0v) is 16.4. The summed E-state index contributed by atoms with van der Waals surface area (Å²) in [4.78, 5) is 24.2. The van der Waals surface area contributed by atoms with Gasteiger partial charge in [0.05, 0.1) is 0 Å². The quantitative estimate of drug-likeness (QED) is 0.311. The zero-order valence-electron chi connectivity index (χ0n) is 16.4. The van der Waals surface area contributed by atoms with Crippen molar-refractivity contribution in [1.29, 1.82) is 0 Å². The second kappa shape index (κ2) is 10.7. The van der Waals surface area contributed by atoms with Crippen molar-refractivity contribution in [2.45, 2.75) is 98.8 Å². The molecule has 0 aliphatic heterocycles. The van der Waals surface area contributed by atoms with Gasteiger partial charge >= 0.3 is 11.9 Å². The van der Waals surface area contributed by atoms with Gasteiger partial charge in [-0.05, 0) is 37.0 Å². The lowest BCUT2D eigenvalue weighted by molar-refractivity contribution is -0.183. The van der Waals surface area contributed by atoms with Gasteiger partial charge in [0.2, 0.25) is 0 Å².